The first-order chi connectivity index (χ1) is 8.06. The summed E-state index contributed by atoms with van der Waals surface area (Å²) in [5.41, 5.74) is 0.689. The molecule has 0 amide bonds. The third-order valence-electron chi connectivity index (χ3n) is 3.42. The summed E-state index contributed by atoms with van der Waals surface area (Å²) in [4.78, 5) is 10.8. The molecule has 1 aliphatic carbocycles. The van der Waals surface area contributed by atoms with Crippen LogP contribution in [0.4, 0.5) is 0 Å². The van der Waals surface area contributed by atoms with E-state index in [4.69, 9.17) is 9.52 Å². The smallest absolute Gasteiger partial charge is 0.372 e. The molecular formula is C13H19NO3. The molecule has 0 saturated heterocycles. The fourth-order valence-corrected chi connectivity index (χ4v) is 2.48. The Morgan fingerprint density at radius 1 is 1.59 bits per heavy atom. The molecule has 94 valence electrons. The van der Waals surface area contributed by atoms with Crippen LogP contribution in [0.15, 0.2) is 10.5 Å². The van der Waals surface area contributed by atoms with Gasteiger partial charge in [-0.3, -0.25) is 0 Å². The van der Waals surface area contributed by atoms with Crippen molar-refractivity contribution in [1.82, 2.24) is 5.32 Å². The van der Waals surface area contributed by atoms with Crippen molar-refractivity contribution in [3.63, 3.8) is 0 Å². The molecule has 2 rings (SSSR count). The van der Waals surface area contributed by atoms with E-state index >= 15 is 0 Å². The normalized spacial score (nSPS) is 24.1. The van der Waals surface area contributed by atoms with E-state index in [2.05, 4.69) is 12.2 Å². The molecule has 17 heavy (non-hydrogen) atoms. The SMILES string of the molecule is Cc1cc(CNC2CCC(C)C2)oc1C(=O)O. The summed E-state index contributed by atoms with van der Waals surface area (Å²) >= 11 is 0. The maximum atomic E-state index is 10.8. The number of rotatable bonds is 4. The number of aryl methyl sites for hydroxylation is 1. The topological polar surface area (TPSA) is 62.5 Å². The van der Waals surface area contributed by atoms with Crippen molar-refractivity contribution in [2.45, 2.75) is 45.7 Å². The average Bonchev–Trinajstić information content (AvgIpc) is 2.82. The first-order valence-corrected chi connectivity index (χ1v) is 6.12. The van der Waals surface area contributed by atoms with Crippen LogP contribution in [0.2, 0.25) is 0 Å². The van der Waals surface area contributed by atoms with Crippen LogP contribution in [0.25, 0.3) is 0 Å². The number of hydrogen-bond donors (Lipinski definition) is 2. The van der Waals surface area contributed by atoms with Gasteiger partial charge >= 0.3 is 5.97 Å². The summed E-state index contributed by atoms with van der Waals surface area (Å²) in [6.07, 6.45) is 3.67. The van der Waals surface area contributed by atoms with Crippen LogP contribution < -0.4 is 5.32 Å². The molecule has 1 fully saturated rings. The zero-order valence-electron chi connectivity index (χ0n) is 10.3. The van der Waals surface area contributed by atoms with Crippen LogP contribution in [-0.4, -0.2) is 17.1 Å². The maximum Gasteiger partial charge on any atom is 0.372 e. The van der Waals surface area contributed by atoms with Crippen LogP contribution in [0, 0.1) is 12.8 Å². The highest BCUT2D eigenvalue weighted by molar-refractivity contribution is 5.86. The minimum absolute atomic E-state index is 0.0570. The summed E-state index contributed by atoms with van der Waals surface area (Å²) in [6, 6.07) is 2.35. The Morgan fingerprint density at radius 2 is 2.35 bits per heavy atom. The molecule has 1 aromatic rings. The molecule has 0 radical (unpaired) electrons. The van der Waals surface area contributed by atoms with Gasteiger partial charge in [0, 0.05) is 11.6 Å². The lowest BCUT2D eigenvalue weighted by Crippen LogP contribution is -2.25. The molecule has 1 saturated carbocycles. The summed E-state index contributed by atoms with van der Waals surface area (Å²) < 4.78 is 5.30. The van der Waals surface area contributed by atoms with E-state index in [0.717, 1.165) is 5.92 Å². The summed E-state index contributed by atoms with van der Waals surface area (Å²) in [7, 11) is 0. The van der Waals surface area contributed by atoms with Gasteiger partial charge in [-0.1, -0.05) is 6.92 Å². The van der Waals surface area contributed by atoms with Gasteiger partial charge in [0.05, 0.1) is 6.54 Å². The quantitative estimate of drug-likeness (QED) is 0.844. The Kier molecular flexibility index (Phi) is 3.52. The van der Waals surface area contributed by atoms with Crippen LogP contribution in [-0.2, 0) is 6.54 Å². The Labute approximate surface area is 101 Å². The highest BCUT2D eigenvalue weighted by Crippen LogP contribution is 2.25. The largest absolute Gasteiger partial charge is 0.475 e. The van der Waals surface area contributed by atoms with Gasteiger partial charge in [-0.25, -0.2) is 4.79 Å². The van der Waals surface area contributed by atoms with Crippen molar-refractivity contribution < 1.29 is 14.3 Å². The summed E-state index contributed by atoms with van der Waals surface area (Å²) in [5, 5.41) is 12.3. The third-order valence-corrected chi connectivity index (χ3v) is 3.42. The molecular weight excluding hydrogens is 218 g/mol. The maximum absolute atomic E-state index is 10.8. The lowest BCUT2D eigenvalue weighted by Gasteiger charge is -2.10. The minimum Gasteiger partial charge on any atom is -0.475 e. The van der Waals surface area contributed by atoms with Crippen LogP contribution in [0.3, 0.4) is 0 Å². The molecule has 0 spiro atoms. The van der Waals surface area contributed by atoms with E-state index < -0.39 is 5.97 Å². The predicted octanol–water partition coefficient (Wildman–Crippen LogP) is 2.56. The first-order valence-electron chi connectivity index (χ1n) is 6.12. The predicted molar refractivity (Wildman–Crippen MR) is 64.0 cm³/mol. The van der Waals surface area contributed by atoms with Gasteiger partial charge in [-0.2, -0.15) is 0 Å². The van der Waals surface area contributed by atoms with Crippen molar-refractivity contribution in [2.24, 2.45) is 5.92 Å². The third kappa shape index (κ3) is 2.88. The molecule has 2 N–H and O–H groups in total. The van der Waals surface area contributed by atoms with E-state index in [1.807, 2.05) is 0 Å². The average molecular weight is 237 g/mol. The van der Waals surface area contributed by atoms with E-state index in [-0.39, 0.29) is 5.76 Å². The second-order valence-electron chi connectivity index (χ2n) is 5.03. The molecule has 4 nitrogen and oxygen atoms in total. The Balaban J connectivity index is 1.91. The van der Waals surface area contributed by atoms with Gasteiger partial charge in [0.2, 0.25) is 5.76 Å². The van der Waals surface area contributed by atoms with Crippen molar-refractivity contribution in [2.75, 3.05) is 0 Å². The second-order valence-corrected chi connectivity index (χ2v) is 5.03. The number of nitrogens with one attached hydrogen (secondary N) is 1. The Bertz CT molecular complexity index is 411. The van der Waals surface area contributed by atoms with Crippen LogP contribution in [0.1, 0.15) is 48.1 Å². The number of hydrogen-bond acceptors (Lipinski definition) is 3. The van der Waals surface area contributed by atoms with Gasteiger partial charge in [-0.15, -0.1) is 0 Å². The van der Waals surface area contributed by atoms with E-state index in [1.165, 1.54) is 19.3 Å². The molecule has 1 heterocycles. The van der Waals surface area contributed by atoms with Gasteiger partial charge in [0.25, 0.3) is 0 Å². The Hall–Kier alpha value is -1.29. The highest BCUT2D eigenvalue weighted by atomic mass is 16.4. The zero-order valence-corrected chi connectivity index (χ0v) is 10.3. The fraction of sp³-hybridized carbons (Fsp3) is 0.615. The number of aromatic carboxylic acids is 1. The van der Waals surface area contributed by atoms with Crippen molar-refractivity contribution in [3.8, 4) is 0 Å². The van der Waals surface area contributed by atoms with E-state index in [1.54, 1.807) is 13.0 Å². The number of furan rings is 1. The molecule has 1 aromatic heterocycles. The highest BCUT2D eigenvalue weighted by Gasteiger charge is 2.21. The van der Waals surface area contributed by atoms with Gasteiger partial charge in [-0.05, 0) is 38.2 Å². The monoisotopic (exact) mass is 237 g/mol. The Morgan fingerprint density at radius 3 is 2.88 bits per heavy atom. The van der Waals surface area contributed by atoms with Crippen molar-refractivity contribution >= 4 is 5.97 Å². The van der Waals surface area contributed by atoms with Gasteiger partial charge in [0.1, 0.15) is 5.76 Å². The van der Waals surface area contributed by atoms with Gasteiger partial charge in [0.15, 0.2) is 0 Å². The standard InChI is InChI=1S/C13H19NO3/c1-8-3-4-10(5-8)14-7-11-6-9(2)12(17-11)13(15)16/h6,8,10,14H,3-5,7H2,1-2H3,(H,15,16). The molecule has 0 aliphatic heterocycles. The zero-order chi connectivity index (χ0) is 12.4. The van der Waals surface area contributed by atoms with Gasteiger partial charge < -0.3 is 14.8 Å². The van der Waals surface area contributed by atoms with Crippen LogP contribution in [0.5, 0.6) is 0 Å². The first kappa shape index (κ1) is 12.2. The summed E-state index contributed by atoms with van der Waals surface area (Å²) in [6.45, 7) is 4.64. The van der Waals surface area contributed by atoms with E-state index in [9.17, 15) is 4.79 Å². The molecule has 1 aliphatic rings. The summed E-state index contributed by atoms with van der Waals surface area (Å²) in [5.74, 6) is 0.560. The number of carboxylic acid groups (broad SMARTS) is 1. The minimum atomic E-state index is -0.997. The number of carbonyl (C=O) groups is 1. The molecule has 4 heteroatoms. The second kappa shape index (κ2) is 4.92. The van der Waals surface area contributed by atoms with Crippen molar-refractivity contribution in [3.05, 3.63) is 23.2 Å². The lowest BCUT2D eigenvalue weighted by atomic mass is 10.1. The molecule has 0 aromatic carbocycles. The lowest BCUT2D eigenvalue weighted by molar-refractivity contribution is 0.0659. The molecule has 0 bridgehead atoms. The fourth-order valence-electron chi connectivity index (χ4n) is 2.48. The van der Waals surface area contributed by atoms with Crippen LogP contribution >= 0.6 is 0 Å². The molecule has 2 atom stereocenters. The van der Waals surface area contributed by atoms with Crippen molar-refractivity contribution in [1.29, 1.82) is 0 Å². The molecule has 2 unspecified atom stereocenters. The number of carboxylic acids is 1. The van der Waals surface area contributed by atoms with E-state index in [0.29, 0.717) is 23.9 Å².